The van der Waals surface area contributed by atoms with Crippen molar-refractivity contribution in [1.29, 1.82) is 0 Å². The largest absolute Gasteiger partial charge is 0.433 e. The van der Waals surface area contributed by atoms with Crippen molar-refractivity contribution in [2.24, 2.45) is 5.64 Å². The van der Waals surface area contributed by atoms with E-state index in [0.717, 1.165) is 0 Å². The number of rotatable bonds is 2. The van der Waals surface area contributed by atoms with Crippen LogP contribution in [0.4, 0.5) is 4.79 Å². The van der Waals surface area contributed by atoms with Gasteiger partial charge >= 0.3 is 7.41 Å². The van der Waals surface area contributed by atoms with E-state index in [4.69, 9.17) is 10.4 Å². The minimum atomic E-state index is -0.420. The first-order valence-corrected chi connectivity index (χ1v) is 3.28. The molecule has 0 atom stereocenters. The van der Waals surface area contributed by atoms with Crippen molar-refractivity contribution in [1.82, 2.24) is 0 Å². The Hall–Kier alpha value is -1.29. The zero-order chi connectivity index (χ0) is 8.10. The molecule has 11 heavy (non-hydrogen) atoms. The Morgan fingerprint density at radius 1 is 1.36 bits per heavy atom. The number of hydrogen-bond donors (Lipinski definition) is 1. The van der Waals surface area contributed by atoms with Crippen LogP contribution in [0, 0.1) is 0 Å². The van der Waals surface area contributed by atoms with Crippen LogP contribution in [0.25, 0.3) is 0 Å². The predicted octanol–water partition coefficient (Wildman–Crippen LogP) is 0.496. The summed E-state index contributed by atoms with van der Waals surface area (Å²) in [4.78, 5) is 10.6. The highest BCUT2D eigenvalue weighted by Gasteiger charge is 2.00. The summed E-state index contributed by atoms with van der Waals surface area (Å²) in [7, 11) is -0.0884. The van der Waals surface area contributed by atoms with Crippen molar-refractivity contribution in [3.05, 3.63) is 30.3 Å². The number of ether oxygens (including phenoxy) is 1. The number of para-hydroxylation sites is 1. The molecule has 0 aliphatic carbocycles. The lowest BCUT2D eigenvalue weighted by molar-refractivity contribution is 0.224. The molecule has 1 rings (SSSR count). The van der Waals surface area contributed by atoms with E-state index in [1.807, 2.05) is 6.07 Å². The lowest BCUT2D eigenvalue weighted by Gasteiger charge is -1.99. The van der Waals surface area contributed by atoms with Crippen LogP contribution in [-0.4, -0.2) is 13.3 Å². The number of nitrogens with two attached hydrogens (primary N) is 1. The average molecular weight is 149 g/mol. The van der Waals surface area contributed by atoms with Crippen LogP contribution in [0.5, 0.6) is 5.75 Å². The van der Waals surface area contributed by atoms with Gasteiger partial charge in [0.2, 0.25) is 0 Å². The lowest BCUT2D eigenvalue weighted by atomic mass is 9.99. The van der Waals surface area contributed by atoms with Gasteiger partial charge in [-0.3, -0.25) is 4.79 Å². The smallest absolute Gasteiger partial charge is 0.336 e. The van der Waals surface area contributed by atoms with Gasteiger partial charge in [-0.15, -0.1) is 0 Å². The Balaban J connectivity index is 2.58. The Bertz CT molecular complexity index is 237. The van der Waals surface area contributed by atoms with Crippen LogP contribution >= 0.6 is 0 Å². The molecule has 2 N–H and O–H groups in total. The van der Waals surface area contributed by atoms with Gasteiger partial charge in [0.05, 0.1) is 0 Å². The first-order chi connectivity index (χ1) is 5.33. The maximum Gasteiger partial charge on any atom is 0.336 e. The van der Waals surface area contributed by atoms with Crippen LogP contribution in [0.2, 0.25) is 0 Å². The molecule has 0 heterocycles. The molecule has 0 fully saturated rings. The molecule has 0 saturated carbocycles. The highest BCUT2D eigenvalue weighted by atomic mass is 16.5. The average Bonchev–Trinajstić information content (AvgIpc) is 2.06. The Labute approximate surface area is 65.4 Å². The van der Waals surface area contributed by atoms with Crippen molar-refractivity contribution >= 4 is 13.3 Å². The van der Waals surface area contributed by atoms with Crippen molar-refractivity contribution in [2.45, 2.75) is 0 Å². The fourth-order valence-electron chi connectivity index (χ4n) is 0.662. The Kier molecular flexibility index (Phi) is 2.69. The van der Waals surface area contributed by atoms with Crippen molar-refractivity contribution in [2.75, 3.05) is 0 Å². The van der Waals surface area contributed by atoms with E-state index in [0.29, 0.717) is 5.75 Å². The standard InChI is InChI=1S/C7H8BNO2/c9-8-7(10)11-6-4-2-1-3-5-6/h1-5,8H,9H2. The zero-order valence-corrected chi connectivity index (χ0v) is 5.99. The SMILES string of the molecule is NBC(=O)Oc1ccccc1. The Morgan fingerprint density at radius 3 is 2.55 bits per heavy atom. The van der Waals surface area contributed by atoms with Crippen LogP contribution < -0.4 is 10.4 Å². The molecule has 0 saturated heterocycles. The van der Waals surface area contributed by atoms with E-state index >= 15 is 0 Å². The van der Waals surface area contributed by atoms with Gasteiger partial charge in [0, 0.05) is 0 Å². The molecule has 0 spiro atoms. The van der Waals surface area contributed by atoms with Gasteiger partial charge in [0.25, 0.3) is 5.87 Å². The van der Waals surface area contributed by atoms with Crippen molar-refractivity contribution < 1.29 is 9.53 Å². The molecule has 0 aromatic heterocycles. The fourth-order valence-corrected chi connectivity index (χ4v) is 0.662. The molecule has 56 valence electrons. The molecule has 0 bridgehead atoms. The van der Waals surface area contributed by atoms with Gasteiger partial charge in [-0.05, 0) is 12.1 Å². The van der Waals surface area contributed by atoms with E-state index in [1.54, 1.807) is 24.3 Å². The molecule has 1 aromatic carbocycles. The predicted molar refractivity (Wildman–Crippen MR) is 43.8 cm³/mol. The Morgan fingerprint density at radius 2 is 2.00 bits per heavy atom. The van der Waals surface area contributed by atoms with Crippen LogP contribution in [0.15, 0.2) is 30.3 Å². The molecule has 0 aliphatic rings. The third-order valence-electron chi connectivity index (χ3n) is 1.14. The van der Waals surface area contributed by atoms with E-state index in [1.165, 1.54) is 0 Å². The van der Waals surface area contributed by atoms with Crippen LogP contribution in [0.1, 0.15) is 0 Å². The summed E-state index contributed by atoms with van der Waals surface area (Å²) in [6.07, 6.45) is 0. The van der Waals surface area contributed by atoms with Gasteiger partial charge in [0.15, 0.2) is 0 Å². The van der Waals surface area contributed by atoms with E-state index in [2.05, 4.69) is 0 Å². The molecule has 0 amide bonds. The second kappa shape index (κ2) is 3.78. The minimum absolute atomic E-state index is 0.0884. The third kappa shape index (κ3) is 2.43. The molecule has 4 heteroatoms. The first kappa shape index (κ1) is 7.82. The van der Waals surface area contributed by atoms with Crippen molar-refractivity contribution in [3.8, 4) is 5.75 Å². The summed E-state index contributed by atoms with van der Waals surface area (Å²) < 4.78 is 4.80. The number of hydrogen-bond acceptors (Lipinski definition) is 3. The van der Waals surface area contributed by atoms with Gasteiger partial charge in [0.1, 0.15) is 5.75 Å². The summed E-state index contributed by atoms with van der Waals surface area (Å²) in [5, 5.41) is 0. The van der Waals surface area contributed by atoms with E-state index in [9.17, 15) is 4.79 Å². The zero-order valence-electron chi connectivity index (χ0n) is 5.99. The molecule has 0 aliphatic heterocycles. The summed E-state index contributed by atoms with van der Waals surface area (Å²) >= 11 is 0. The first-order valence-electron chi connectivity index (χ1n) is 3.28. The van der Waals surface area contributed by atoms with E-state index < -0.39 is 5.87 Å². The maximum absolute atomic E-state index is 10.6. The quantitative estimate of drug-likeness (QED) is 0.622. The summed E-state index contributed by atoms with van der Waals surface area (Å²) in [5.74, 6) is 0.110. The molecule has 1 aromatic rings. The molecular weight excluding hydrogens is 141 g/mol. The normalized spacial score (nSPS) is 8.82. The van der Waals surface area contributed by atoms with Crippen LogP contribution in [0.3, 0.4) is 0 Å². The molecule has 0 unspecified atom stereocenters. The van der Waals surface area contributed by atoms with Gasteiger partial charge in [-0.1, -0.05) is 18.2 Å². The van der Waals surface area contributed by atoms with Crippen molar-refractivity contribution in [3.63, 3.8) is 0 Å². The van der Waals surface area contributed by atoms with Gasteiger partial charge in [-0.2, -0.15) is 0 Å². The van der Waals surface area contributed by atoms with E-state index in [-0.39, 0.29) is 7.41 Å². The summed E-state index contributed by atoms with van der Waals surface area (Å²) in [5.41, 5.74) is 5.05. The van der Waals surface area contributed by atoms with Gasteiger partial charge in [-0.25, -0.2) is 0 Å². The molecule has 0 radical (unpaired) electrons. The second-order valence-electron chi connectivity index (χ2n) is 1.99. The molecule has 3 nitrogen and oxygen atoms in total. The number of benzene rings is 1. The monoisotopic (exact) mass is 149 g/mol. The topological polar surface area (TPSA) is 52.3 Å². The second-order valence-corrected chi connectivity index (χ2v) is 1.99. The minimum Gasteiger partial charge on any atom is -0.433 e. The lowest BCUT2D eigenvalue weighted by Crippen LogP contribution is -2.22. The number of carbonyl (C=O) groups excluding carboxylic acids is 1. The summed E-state index contributed by atoms with van der Waals surface area (Å²) in [6.45, 7) is 0. The highest BCUT2D eigenvalue weighted by molar-refractivity contribution is 6.69. The van der Waals surface area contributed by atoms with Gasteiger partial charge < -0.3 is 10.4 Å². The number of carbonyl (C=O) groups is 1. The van der Waals surface area contributed by atoms with Crippen LogP contribution in [-0.2, 0) is 0 Å². The fraction of sp³-hybridized carbons (Fsp3) is 0. The summed E-state index contributed by atoms with van der Waals surface area (Å²) in [6, 6.07) is 8.83. The maximum atomic E-state index is 10.6. The molecular formula is C7H8BNO2. The highest BCUT2D eigenvalue weighted by Crippen LogP contribution is 2.07. The third-order valence-corrected chi connectivity index (χ3v) is 1.14.